The van der Waals surface area contributed by atoms with Gasteiger partial charge in [-0.25, -0.2) is 0 Å². The van der Waals surface area contributed by atoms with Crippen LogP contribution in [0.25, 0.3) is 0 Å². The SMILES string of the molecule is CC(CC(=O)Cc1sc2c(c1C#N)CCC(COC(=O)CC(C)c1ccccc1)C2)c1cccnc1. The van der Waals surface area contributed by atoms with E-state index >= 15 is 0 Å². The monoisotopic (exact) mass is 500 g/mol. The van der Waals surface area contributed by atoms with Gasteiger partial charge in [0.25, 0.3) is 0 Å². The molecule has 2 aromatic heterocycles. The van der Waals surface area contributed by atoms with Crippen LogP contribution in [-0.2, 0) is 33.6 Å². The van der Waals surface area contributed by atoms with Crippen molar-refractivity contribution in [2.24, 2.45) is 5.92 Å². The third kappa shape index (κ3) is 6.47. The van der Waals surface area contributed by atoms with E-state index in [4.69, 9.17) is 4.74 Å². The molecule has 2 heterocycles. The fourth-order valence-electron chi connectivity index (χ4n) is 4.90. The van der Waals surface area contributed by atoms with E-state index in [1.165, 1.54) is 4.88 Å². The van der Waals surface area contributed by atoms with Crippen LogP contribution in [0.1, 0.15) is 77.0 Å². The first-order valence-electron chi connectivity index (χ1n) is 12.6. The fourth-order valence-corrected chi connectivity index (χ4v) is 6.35. The molecule has 0 saturated heterocycles. The van der Waals surface area contributed by atoms with Crippen LogP contribution in [0, 0.1) is 17.2 Å². The molecule has 6 heteroatoms. The molecule has 1 aliphatic rings. The maximum Gasteiger partial charge on any atom is 0.306 e. The van der Waals surface area contributed by atoms with E-state index in [1.807, 2.05) is 56.3 Å². The number of pyridine rings is 1. The van der Waals surface area contributed by atoms with Crippen molar-refractivity contribution in [3.8, 4) is 6.07 Å². The summed E-state index contributed by atoms with van der Waals surface area (Å²) in [7, 11) is 0. The Labute approximate surface area is 217 Å². The molecular weight excluding hydrogens is 468 g/mol. The maximum atomic E-state index is 12.8. The van der Waals surface area contributed by atoms with Crippen LogP contribution in [0.2, 0.25) is 0 Å². The topological polar surface area (TPSA) is 80.0 Å². The normalized spacial score (nSPS) is 16.4. The van der Waals surface area contributed by atoms with Crippen LogP contribution >= 0.6 is 11.3 Å². The molecule has 0 aliphatic heterocycles. The molecule has 0 amide bonds. The minimum Gasteiger partial charge on any atom is -0.465 e. The highest BCUT2D eigenvalue weighted by atomic mass is 32.1. The van der Waals surface area contributed by atoms with Gasteiger partial charge < -0.3 is 4.74 Å². The number of benzene rings is 1. The Morgan fingerprint density at radius 2 is 1.86 bits per heavy atom. The molecule has 0 fully saturated rings. The number of carbonyl (C=O) groups excluding carboxylic acids is 2. The van der Waals surface area contributed by atoms with Crippen LogP contribution in [-0.4, -0.2) is 23.3 Å². The van der Waals surface area contributed by atoms with Gasteiger partial charge in [-0.05, 0) is 59.8 Å². The number of carbonyl (C=O) groups is 2. The molecule has 0 N–H and O–H groups in total. The lowest BCUT2D eigenvalue weighted by Gasteiger charge is -2.22. The number of hydrogen-bond acceptors (Lipinski definition) is 6. The zero-order chi connectivity index (χ0) is 25.5. The molecule has 0 saturated carbocycles. The number of hydrogen-bond donors (Lipinski definition) is 0. The highest BCUT2D eigenvalue weighted by Crippen LogP contribution is 2.37. The quantitative estimate of drug-likeness (QED) is 0.311. The van der Waals surface area contributed by atoms with Crippen molar-refractivity contribution in [1.82, 2.24) is 4.98 Å². The Bertz CT molecular complexity index is 1230. The summed E-state index contributed by atoms with van der Waals surface area (Å²) in [6.45, 7) is 4.47. The predicted octanol–water partition coefficient (Wildman–Crippen LogP) is 6.16. The van der Waals surface area contributed by atoms with Crippen LogP contribution in [0.5, 0.6) is 0 Å². The second-order valence-corrected chi connectivity index (χ2v) is 11.0. The van der Waals surface area contributed by atoms with Crippen LogP contribution in [0.15, 0.2) is 54.9 Å². The lowest BCUT2D eigenvalue weighted by Crippen LogP contribution is -2.21. The number of esters is 1. The third-order valence-corrected chi connectivity index (χ3v) is 8.27. The van der Waals surface area contributed by atoms with Gasteiger partial charge in [0.05, 0.1) is 18.6 Å². The average molecular weight is 501 g/mol. The highest BCUT2D eigenvalue weighted by Gasteiger charge is 2.27. The summed E-state index contributed by atoms with van der Waals surface area (Å²) in [5.41, 5.74) is 3.96. The van der Waals surface area contributed by atoms with Gasteiger partial charge >= 0.3 is 5.97 Å². The van der Waals surface area contributed by atoms with Crippen molar-refractivity contribution in [3.05, 3.63) is 86.9 Å². The Hall–Kier alpha value is -3.30. The molecule has 1 aliphatic carbocycles. The Morgan fingerprint density at radius 1 is 1.11 bits per heavy atom. The van der Waals surface area contributed by atoms with E-state index < -0.39 is 0 Å². The summed E-state index contributed by atoms with van der Waals surface area (Å²) in [6.07, 6.45) is 7.08. The molecule has 3 aromatic rings. The lowest BCUT2D eigenvalue weighted by molar-refractivity contribution is -0.145. The summed E-state index contributed by atoms with van der Waals surface area (Å²) in [5, 5.41) is 9.82. The maximum absolute atomic E-state index is 12.8. The number of ketones is 1. The second kappa shape index (κ2) is 12.1. The van der Waals surface area contributed by atoms with Crippen molar-refractivity contribution in [1.29, 1.82) is 5.26 Å². The van der Waals surface area contributed by atoms with Gasteiger partial charge in [-0.2, -0.15) is 5.26 Å². The molecule has 0 spiro atoms. The van der Waals surface area contributed by atoms with Gasteiger partial charge in [-0.15, -0.1) is 11.3 Å². The minimum atomic E-state index is -0.171. The standard InChI is InChI=1S/C30H32N2O3S/c1-20(24-9-6-12-32-18-24)13-25(33)16-29-27(17-31)26-11-10-22(15-28(26)36-29)19-35-30(34)14-21(2)23-7-4-3-5-8-23/h3-9,12,18,20-22H,10-11,13-16,19H2,1-2H3. The predicted molar refractivity (Wildman–Crippen MR) is 141 cm³/mol. The van der Waals surface area contributed by atoms with Crippen LogP contribution in [0.4, 0.5) is 0 Å². The van der Waals surface area contributed by atoms with E-state index in [0.29, 0.717) is 31.4 Å². The fraction of sp³-hybridized carbons (Fsp3) is 0.400. The lowest BCUT2D eigenvalue weighted by atomic mass is 9.87. The van der Waals surface area contributed by atoms with Crippen LogP contribution < -0.4 is 0 Å². The van der Waals surface area contributed by atoms with E-state index in [1.54, 1.807) is 23.7 Å². The largest absolute Gasteiger partial charge is 0.465 e. The Balaban J connectivity index is 1.31. The van der Waals surface area contributed by atoms with Gasteiger partial charge in [0.1, 0.15) is 11.9 Å². The summed E-state index contributed by atoms with van der Waals surface area (Å²) < 4.78 is 5.64. The van der Waals surface area contributed by atoms with Crippen molar-refractivity contribution < 1.29 is 14.3 Å². The summed E-state index contributed by atoms with van der Waals surface area (Å²) in [6, 6.07) is 16.2. The molecule has 36 heavy (non-hydrogen) atoms. The first-order chi connectivity index (χ1) is 17.4. The molecule has 0 bridgehead atoms. The number of rotatable bonds is 10. The van der Waals surface area contributed by atoms with Crippen molar-refractivity contribution in [2.75, 3.05) is 6.61 Å². The number of ether oxygens (including phenoxy) is 1. The number of Topliss-reactive ketones (excluding diaryl/α,β-unsaturated/α-hetero) is 1. The number of aromatic nitrogens is 1. The van der Waals surface area contributed by atoms with Gasteiger partial charge in [-0.1, -0.05) is 50.2 Å². The molecule has 4 rings (SSSR count). The second-order valence-electron chi connectivity index (χ2n) is 9.83. The zero-order valence-corrected chi connectivity index (χ0v) is 21.7. The minimum absolute atomic E-state index is 0.0926. The van der Waals surface area contributed by atoms with Crippen LogP contribution in [0.3, 0.4) is 0 Å². The molecule has 1 aromatic carbocycles. The first-order valence-corrected chi connectivity index (χ1v) is 13.4. The number of nitrogens with zero attached hydrogens (tertiary/aromatic N) is 2. The van der Waals surface area contributed by atoms with Crippen molar-refractivity contribution >= 4 is 23.1 Å². The first kappa shape index (κ1) is 25.8. The van der Waals surface area contributed by atoms with Crippen molar-refractivity contribution in [2.45, 2.75) is 64.2 Å². The van der Waals surface area contributed by atoms with E-state index in [9.17, 15) is 14.9 Å². The molecule has 3 atom stereocenters. The molecule has 3 unspecified atom stereocenters. The molecular formula is C30H32N2O3S. The third-order valence-electron chi connectivity index (χ3n) is 7.02. The Morgan fingerprint density at radius 3 is 2.58 bits per heavy atom. The van der Waals surface area contributed by atoms with Crippen molar-refractivity contribution in [3.63, 3.8) is 0 Å². The molecule has 186 valence electrons. The number of thiophene rings is 1. The highest BCUT2D eigenvalue weighted by molar-refractivity contribution is 7.12. The molecule has 5 nitrogen and oxygen atoms in total. The number of nitriles is 1. The van der Waals surface area contributed by atoms with Gasteiger partial charge in [0.15, 0.2) is 0 Å². The number of fused-ring (bicyclic) bond motifs is 1. The smallest absolute Gasteiger partial charge is 0.306 e. The van der Waals surface area contributed by atoms with E-state index in [2.05, 4.69) is 11.1 Å². The average Bonchev–Trinajstić information content (AvgIpc) is 3.24. The molecule has 0 radical (unpaired) electrons. The summed E-state index contributed by atoms with van der Waals surface area (Å²) in [4.78, 5) is 31.4. The Kier molecular flexibility index (Phi) is 8.66. The zero-order valence-electron chi connectivity index (χ0n) is 20.9. The van der Waals surface area contributed by atoms with Gasteiger partial charge in [-0.3, -0.25) is 14.6 Å². The van der Waals surface area contributed by atoms with E-state index in [0.717, 1.165) is 40.8 Å². The van der Waals surface area contributed by atoms with E-state index in [-0.39, 0.29) is 29.5 Å². The van der Waals surface area contributed by atoms with Gasteiger partial charge in [0, 0.05) is 35.0 Å². The summed E-state index contributed by atoms with van der Waals surface area (Å²) in [5.74, 6) is 0.422. The van der Waals surface area contributed by atoms with Gasteiger partial charge in [0.2, 0.25) is 0 Å². The summed E-state index contributed by atoms with van der Waals surface area (Å²) >= 11 is 1.59.